The van der Waals surface area contributed by atoms with Gasteiger partial charge in [0.25, 0.3) is 0 Å². The summed E-state index contributed by atoms with van der Waals surface area (Å²) in [5.41, 5.74) is 1.84. The van der Waals surface area contributed by atoms with Crippen molar-refractivity contribution < 1.29 is 17.7 Å². The van der Waals surface area contributed by atoms with Gasteiger partial charge >= 0.3 is 11.4 Å². The Hall–Kier alpha value is -0.230. The molecule has 3 saturated carbocycles. The molecular weight excluding hydrogens is 420 g/mol. The van der Waals surface area contributed by atoms with Crippen LogP contribution in [0.1, 0.15) is 105 Å². The second-order valence-electron chi connectivity index (χ2n) is 12.5. The Morgan fingerprint density at radius 1 is 1.12 bits per heavy atom. The topological polar surface area (TPSA) is 55.8 Å². The predicted octanol–water partition coefficient (Wildman–Crippen LogP) is 6.51. The lowest BCUT2D eigenvalue weighted by Gasteiger charge is -2.58. The summed E-state index contributed by atoms with van der Waals surface area (Å²) in [4.78, 5) is 0. The summed E-state index contributed by atoms with van der Waals surface area (Å²) >= 11 is -1.62. The van der Waals surface area contributed by atoms with E-state index < -0.39 is 17.0 Å². The molecule has 8 atom stereocenters. The molecule has 0 heterocycles. The van der Waals surface area contributed by atoms with Gasteiger partial charge in [0.2, 0.25) is 0 Å². The number of hydrogen-bond donors (Lipinski definition) is 1. The monoisotopic (exact) mass is 466 g/mol. The Morgan fingerprint density at radius 3 is 2.62 bits per heavy atom. The second-order valence-corrected chi connectivity index (χ2v) is 13.4. The molecule has 0 radical (unpaired) electrons. The van der Waals surface area contributed by atoms with E-state index in [0.29, 0.717) is 10.8 Å². The molecule has 32 heavy (non-hydrogen) atoms. The molecule has 5 heteroatoms. The Morgan fingerprint density at radius 2 is 1.91 bits per heavy atom. The van der Waals surface area contributed by atoms with Crippen LogP contribution in [-0.4, -0.2) is 28.1 Å². The van der Waals surface area contributed by atoms with Gasteiger partial charge in [-0.15, -0.1) is 0 Å². The average Bonchev–Trinajstić information content (AvgIpc) is 3.07. The van der Waals surface area contributed by atoms with Crippen LogP contribution in [0.25, 0.3) is 0 Å². The van der Waals surface area contributed by atoms with Gasteiger partial charge in [-0.1, -0.05) is 38.3 Å². The first-order chi connectivity index (χ1) is 15.1. The number of fused-ring (bicyclic) bond motifs is 5. The third-order valence-corrected chi connectivity index (χ3v) is 10.9. The third kappa shape index (κ3) is 4.78. The fraction of sp³-hybridized carbons (Fsp3) is 0.926. The second kappa shape index (κ2) is 9.43. The summed E-state index contributed by atoms with van der Waals surface area (Å²) in [6.07, 6.45) is 17.1. The van der Waals surface area contributed by atoms with Crippen LogP contribution >= 0.6 is 0 Å². The first kappa shape index (κ1) is 24.9. The summed E-state index contributed by atoms with van der Waals surface area (Å²) in [7, 11) is 1.44. The van der Waals surface area contributed by atoms with Crippen molar-refractivity contribution >= 4 is 11.4 Å². The van der Waals surface area contributed by atoms with Crippen molar-refractivity contribution in [2.45, 2.75) is 116 Å². The number of aliphatic hydroxyl groups is 1. The van der Waals surface area contributed by atoms with E-state index in [2.05, 4.69) is 19.9 Å². The van der Waals surface area contributed by atoms with Gasteiger partial charge in [-0.3, -0.25) is 8.37 Å². The van der Waals surface area contributed by atoms with Gasteiger partial charge < -0.3 is 5.11 Å². The van der Waals surface area contributed by atoms with E-state index in [4.69, 9.17) is 8.37 Å². The SMILES string of the molecule is COS(=O)OC1CCC2(C)C(=CCC3C2CCC2(C)C(CCCCC(C)(C)O)CCC32)C1. The summed E-state index contributed by atoms with van der Waals surface area (Å²) < 4.78 is 22.2. The van der Waals surface area contributed by atoms with Gasteiger partial charge in [-0.2, -0.15) is 4.21 Å². The van der Waals surface area contributed by atoms with E-state index >= 15 is 0 Å². The molecule has 8 unspecified atom stereocenters. The lowest BCUT2D eigenvalue weighted by molar-refractivity contribution is -0.0492. The fourth-order valence-corrected chi connectivity index (χ4v) is 8.86. The largest absolute Gasteiger partial charge is 0.390 e. The molecule has 0 spiro atoms. The van der Waals surface area contributed by atoms with E-state index in [1.807, 2.05) is 13.8 Å². The van der Waals surface area contributed by atoms with Crippen molar-refractivity contribution in [3.8, 4) is 0 Å². The van der Waals surface area contributed by atoms with Crippen LogP contribution in [0.5, 0.6) is 0 Å². The van der Waals surface area contributed by atoms with Crippen molar-refractivity contribution in [3.63, 3.8) is 0 Å². The molecule has 0 amide bonds. The van der Waals surface area contributed by atoms with Gasteiger partial charge in [0.1, 0.15) is 0 Å². The van der Waals surface area contributed by atoms with Crippen LogP contribution < -0.4 is 0 Å². The molecule has 4 rings (SSSR count). The van der Waals surface area contributed by atoms with Crippen LogP contribution in [-0.2, 0) is 19.7 Å². The molecule has 4 aliphatic rings. The first-order valence-corrected chi connectivity index (χ1v) is 14.1. The average molecular weight is 467 g/mol. The maximum Gasteiger partial charge on any atom is 0.304 e. The van der Waals surface area contributed by atoms with Crippen LogP contribution in [0.15, 0.2) is 11.6 Å². The molecule has 0 aromatic carbocycles. The van der Waals surface area contributed by atoms with Gasteiger partial charge in [0.15, 0.2) is 0 Å². The highest BCUT2D eigenvalue weighted by Gasteiger charge is 2.58. The van der Waals surface area contributed by atoms with Crippen LogP contribution in [0, 0.1) is 34.5 Å². The normalized spacial score (nSPS) is 42.6. The molecule has 4 nitrogen and oxygen atoms in total. The molecule has 0 bridgehead atoms. The van der Waals surface area contributed by atoms with E-state index in [1.54, 1.807) is 5.57 Å². The van der Waals surface area contributed by atoms with E-state index in [-0.39, 0.29) is 6.10 Å². The third-order valence-electron chi connectivity index (χ3n) is 10.2. The van der Waals surface area contributed by atoms with E-state index in [1.165, 1.54) is 52.1 Å². The Kier molecular flexibility index (Phi) is 7.33. The summed E-state index contributed by atoms with van der Waals surface area (Å²) in [6, 6.07) is 0. The first-order valence-electron chi connectivity index (χ1n) is 13.1. The van der Waals surface area contributed by atoms with Gasteiger partial charge in [-0.25, -0.2) is 0 Å². The van der Waals surface area contributed by atoms with Crippen LogP contribution in [0.2, 0.25) is 0 Å². The molecule has 4 aliphatic carbocycles. The standard InChI is InChI=1S/C27H46O4S/c1-25(2,28)15-7-6-8-19-10-12-23-22-11-9-20-18-21(31-32(29)30-5)13-16-27(20,4)24(22)14-17-26(19,23)3/h9,19,21-24,28H,6-8,10-18H2,1-5H3. The van der Waals surface area contributed by atoms with Crippen molar-refractivity contribution in [2.24, 2.45) is 34.5 Å². The summed E-state index contributed by atoms with van der Waals surface area (Å²) in [5.74, 6) is 3.35. The van der Waals surface area contributed by atoms with E-state index in [9.17, 15) is 9.32 Å². The minimum absolute atomic E-state index is 0.0280. The molecular formula is C27H46O4S. The van der Waals surface area contributed by atoms with Crippen LogP contribution in [0.3, 0.4) is 0 Å². The lowest BCUT2D eigenvalue weighted by Crippen LogP contribution is -2.50. The Bertz CT molecular complexity index is 728. The van der Waals surface area contributed by atoms with Gasteiger partial charge in [0, 0.05) is 0 Å². The van der Waals surface area contributed by atoms with Gasteiger partial charge in [0.05, 0.1) is 18.8 Å². The fourth-order valence-electron chi connectivity index (χ4n) is 8.39. The zero-order chi connectivity index (χ0) is 23.1. The quantitative estimate of drug-likeness (QED) is 0.327. The van der Waals surface area contributed by atoms with Crippen molar-refractivity contribution in [1.29, 1.82) is 0 Å². The highest BCUT2D eigenvalue weighted by atomic mass is 32.2. The molecule has 1 N–H and O–H groups in total. The van der Waals surface area contributed by atoms with Crippen molar-refractivity contribution in [1.82, 2.24) is 0 Å². The zero-order valence-electron chi connectivity index (χ0n) is 21.0. The molecule has 0 aromatic heterocycles. The molecule has 0 aromatic rings. The van der Waals surface area contributed by atoms with E-state index in [0.717, 1.165) is 55.8 Å². The minimum Gasteiger partial charge on any atom is -0.390 e. The lowest BCUT2D eigenvalue weighted by atomic mass is 9.47. The summed E-state index contributed by atoms with van der Waals surface area (Å²) in [6.45, 7) is 9.01. The smallest absolute Gasteiger partial charge is 0.304 e. The number of allylic oxidation sites excluding steroid dienone is 1. The van der Waals surface area contributed by atoms with Crippen molar-refractivity contribution in [3.05, 3.63) is 11.6 Å². The Labute approximate surface area is 198 Å². The number of hydrogen-bond acceptors (Lipinski definition) is 4. The maximum atomic E-state index is 11.7. The van der Waals surface area contributed by atoms with Crippen molar-refractivity contribution in [2.75, 3.05) is 7.11 Å². The summed E-state index contributed by atoms with van der Waals surface area (Å²) in [5, 5.41) is 10.0. The zero-order valence-corrected chi connectivity index (χ0v) is 21.8. The maximum absolute atomic E-state index is 11.7. The molecule has 0 aliphatic heterocycles. The molecule has 184 valence electrons. The molecule has 3 fully saturated rings. The highest BCUT2D eigenvalue weighted by molar-refractivity contribution is 7.75. The highest BCUT2D eigenvalue weighted by Crippen LogP contribution is 2.66. The minimum atomic E-state index is -1.62. The van der Waals surface area contributed by atoms with Gasteiger partial charge in [-0.05, 0) is 113 Å². The Balaban J connectivity index is 1.41. The number of unbranched alkanes of at least 4 members (excludes halogenated alkanes) is 1. The number of rotatable bonds is 8. The van der Waals surface area contributed by atoms with Crippen LogP contribution in [0.4, 0.5) is 0 Å². The predicted molar refractivity (Wildman–Crippen MR) is 130 cm³/mol. The molecule has 0 saturated heterocycles.